The molecule has 20 heavy (non-hydrogen) atoms. The Labute approximate surface area is 117 Å². The Morgan fingerprint density at radius 1 is 1.45 bits per heavy atom. The van der Waals surface area contributed by atoms with Gasteiger partial charge >= 0.3 is 0 Å². The second kappa shape index (κ2) is 8.06. The maximum atomic E-state index is 11.9. The van der Waals surface area contributed by atoms with E-state index in [4.69, 9.17) is 5.11 Å². The molecule has 0 unspecified atom stereocenters. The number of nitrogens with zero attached hydrogens (tertiary/aromatic N) is 2. The molecule has 0 spiro atoms. The van der Waals surface area contributed by atoms with Crippen molar-refractivity contribution in [2.24, 2.45) is 0 Å². The van der Waals surface area contributed by atoms with Crippen LogP contribution in [0.1, 0.15) is 18.9 Å². The Kier molecular flexibility index (Phi) is 6.39. The Balaban J connectivity index is 2.81. The van der Waals surface area contributed by atoms with Gasteiger partial charge in [-0.25, -0.2) is 0 Å². The van der Waals surface area contributed by atoms with Gasteiger partial charge in [0.2, 0.25) is 5.91 Å². The zero-order valence-electron chi connectivity index (χ0n) is 11.4. The Hall–Kier alpha value is -2.21. The smallest absolute Gasteiger partial charge is 0.276 e. The fourth-order valence-corrected chi connectivity index (χ4v) is 1.75. The maximum absolute atomic E-state index is 11.9. The molecule has 108 valence electrons. The van der Waals surface area contributed by atoms with Crippen molar-refractivity contribution in [3.63, 3.8) is 0 Å². The molecule has 0 aliphatic heterocycles. The number of para-hydroxylation sites is 1. The number of benzene rings is 1. The molecule has 0 fully saturated rings. The summed E-state index contributed by atoms with van der Waals surface area (Å²) in [5.41, 5.74) is 0.360. The number of carbonyl (C=O) groups is 1. The lowest BCUT2D eigenvalue weighted by Gasteiger charge is -2.18. The summed E-state index contributed by atoms with van der Waals surface area (Å²) in [6.45, 7) is 2.86. The molecule has 0 atom stereocenters. The third-order valence-corrected chi connectivity index (χ3v) is 2.82. The number of hydrogen-bond donors (Lipinski definition) is 1. The number of hydrogen-bond acceptors (Lipinski definition) is 4. The number of carbonyl (C=O) groups excluding carboxylic acids is 1. The first-order valence-corrected chi connectivity index (χ1v) is 6.41. The van der Waals surface area contributed by atoms with Crippen LogP contribution in [0.4, 0.5) is 5.69 Å². The molecule has 1 aromatic rings. The zero-order chi connectivity index (χ0) is 15.0. The first-order valence-electron chi connectivity index (χ1n) is 6.41. The van der Waals surface area contributed by atoms with Crippen LogP contribution in [0.25, 0.3) is 6.08 Å². The molecule has 0 aliphatic carbocycles. The molecule has 0 aromatic heterocycles. The highest BCUT2D eigenvalue weighted by molar-refractivity contribution is 5.92. The van der Waals surface area contributed by atoms with Gasteiger partial charge in [-0.3, -0.25) is 14.9 Å². The van der Waals surface area contributed by atoms with Crippen LogP contribution in [-0.2, 0) is 4.79 Å². The average molecular weight is 278 g/mol. The van der Waals surface area contributed by atoms with E-state index < -0.39 is 4.92 Å². The number of likely N-dealkylation sites (N-methyl/N-ethyl adjacent to an activating group) is 1. The Bertz CT molecular complexity index is 500. The highest BCUT2D eigenvalue weighted by Gasteiger charge is 2.11. The third-order valence-electron chi connectivity index (χ3n) is 2.82. The number of aliphatic hydroxyl groups excluding tert-OH is 1. The van der Waals surface area contributed by atoms with Crippen molar-refractivity contribution < 1.29 is 14.8 Å². The van der Waals surface area contributed by atoms with Gasteiger partial charge in [0.25, 0.3) is 5.69 Å². The number of aliphatic hydroxyl groups is 1. The molecule has 0 saturated heterocycles. The normalized spacial score (nSPS) is 10.7. The van der Waals surface area contributed by atoms with Crippen LogP contribution >= 0.6 is 0 Å². The monoisotopic (exact) mass is 278 g/mol. The van der Waals surface area contributed by atoms with Gasteiger partial charge in [0, 0.05) is 31.8 Å². The topological polar surface area (TPSA) is 83.7 Å². The van der Waals surface area contributed by atoms with Gasteiger partial charge < -0.3 is 10.0 Å². The molecule has 0 bridgehead atoms. The summed E-state index contributed by atoms with van der Waals surface area (Å²) in [6.07, 6.45) is 3.28. The minimum Gasteiger partial charge on any atom is -0.396 e. The van der Waals surface area contributed by atoms with E-state index in [1.54, 1.807) is 23.1 Å². The first kappa shape index (κ1) is 15.8. The minimum absolute atomic E-state index is 0.0254. The van der Waals surface area contributed by atoms with Crippen molar-refractivity contribution >= 4 is 17.7 Å². The largest absolute Gasteiger partial charge is 0.396 e. The molecular weight excluding hydrogens is 260 g/mol. The lowest BCUT2D eigenvalue weighted by atomic mass is 10.1. The number of amides is 1. The van der Waals surface area contributed by atoms with Crippen LogP contribution in [0, 0.1) is 10.1 Å². The van der Waals surface area contributed by atoms with Crippen LogP contribution in [0.5, 0.6) is 0 Å². The van der Waals surface area contributed by atoms with Gasteiger partial charge in [-0.1, -0.05) is 12.1 Å². The van der Waals surface area contributed by atoms with Crippen molar-refractivity contribution in [3.8, 4) is 0 Å². The first-order chi connectivity index (χ1) is 9.60. The van der Waals surface area contributed by atoms with E-state index in [0.717, 1.165) is 0 Å². The minimum atomic E-state index is -0.479. The van der Waals surface area contributed by atoms with E-state index >= 15 is 0 Å². The summed E-state index contributed by atoms with van der Waals surface area (Å²) in [5, 5.41) is 19.6. The van der Waals surface area contributed by atoms with E-state index in [0.29, 0.717) is 25.1 Å². The van der Waals surface area contributed by atoms with Crippen LogP contribution in [0.15, 0.2) is 30.3 Å². The second-order valence-electron chi connectivity index (χ2n) is 4.14. The maximum Gasteiger partial charge on any atom is 0.276 e. The van der Waals surface area contributed by atoms with Crippen molar-refractivity contribution in [3.05, 3.63) is 46.0 Å². The molecule has 0 aliphatic rings. The van der Waals surface area contributed by atoms with Crippen LogP contribution in [-0.4, -0.2) is 40.5 Å². The predicted octanol–water partition coefficient (Wildman–Crippen LogP) is 1.84. The molecule has 6 heteroatoms. The zero-order valence-corrected chi connectivity index (χ0v) is 11.4. The standard InChI is InChI=1S/C14H18N2O4/c1-2-15(10-5-11-17)14(18)9-8-12-6-3-4-7-13(12)16(19)20/h3-4,6-9,17H,2,5,10-11H2,1H3/b9-8+. The van der Waals surface area contributed by atoms with Crippen molar-refractivity contribution in [1.29, 1.82) is 0 Å². The highest BCUT2D eigenvalue weighted by Crippen LogP contribution is 2.18. The highest BCUT2D eigenvalue weighted by atomic mass is 16.6. The van der Waals surface area contributed by atoms with Crippen molar-refractivity contribution in [1.82, 2.24) is 4.90 Å². The molecule has 0 heterocycles. The van der Waals surface area contributed by atoms with E-state index in [2.05, 4.69) is 0 Å². The molecule has 1 N–H and O–H groups in total. The molecular formula is C14H18N2O4. The SMILES string of the molecule is CCN(CCCO)C(=O)/C=C/c1ccccc1[N+](=O)[O-]. The van der Waals surface area contributed by atoms with Gasteiger partial charge in [0.1, 0.15) is 0 Å². The van der Waals surface area contributed by atoms with Gasteiger partial charge in [0.05, 0.1) is 10.5 Å². The summed E-state index contributed by atoms with van der Waals surface area (Å²) in [5.74, 6) is -0.223. The van der Waals surface area contributed by atoms with Crippen LogP contribution in [0.2, 0.25) is 0 Å². The molecule has 1 aromatic carbocycles. The van der Waals surface area contributed by atoms with Gasteiger partial charge in [-0.2, -0.15) is 0 Å². The van der Waals surface area contributed by atoms with Gasteiger partial charge in [0.15, 0.2) is 0 Å². The van der Waals surface area contributed by atoms with Crippen molar-refractivity contribution in [2.45, 2.75) is 13.3 Å². The average Bonchev–Trinajstić information content (AvgIpc) is 2.46. The molecule has 1 amide bonds. The summed E-state index contributed by atoms with van der Waals surface area (Å²) in [4.78, 5) is 23.9. The van der Waals surface area contributed by atoms with E-state index in [1.807, 2.05) is 6.92 Å². The summed E-state index contributed by atoms with van der Waals surface area (Å²) < 4.78 is 0. The van der Waals surface area contributed by atoms with Crippen molar-refractivity contribution in [2.75, 3.05) is 19.7 Å². The summed E-state index contributed by atoms with van der Waals surface area (Å²) in [7, 11) is 0. The van der Waals surface area contributed by atoms with Gasteiger partial charge in [-0.15, -0.1) is 0 Å². The molecule has 0 saturated carbocycles. The number of rotatable bonds is 7. The fourth-order valence-electron chi connectivity index (χ4n) is 1.75. The van der Waals surface area contributed by atoms with E-state index in [1.165, 1.54) is 18.2 Å². The number of nitro groups is 1. The summed E-state index contributed by atoms with van der Waals surface area (Å²) in [6, 6.07) is 6.25. The lowest BCUT2D eigenvalue weighted by molar-refractivity contribution is -0.385. The quantitative estimate of drug-likeness (QED) is 0.468. The number of nitro benzene ring substituents is 1. The Morgan fingerprint density at radius 2 is 2.15 bits per heavy atom. The fraction of sp³-hybridized carbons (Fsp3) is 0.357. The second-order valence-corrected chi connectivity index (χ2v) is 4.14. The molecule has 1 rings (SSSR count). The van der Waals surface area contributed by atoms with E-state index in [-0.39, 0.29) is 18.2 Å². The summed E-state index contributed by atoms with van der Waals surface area (Å²) >= 11 is 0. The van der Waals surface area contributed by atoms with Gasteiger partial charge in [-0.05, 0) is 25.5 Å². The Morgan fingerprint density at radius 3 is 2.75 bits per heavy atom. The third kappa shape index (κ3) is 4.47. The predicted molar refractivity (Wildman–Crippen MR) is 76.1 cm³/mol. The lowest BCUT2D eigenvalue weighted by Crippen LogP contribution is -2.30. The van der Waals surface area contributed by atoms with Crippen LogP contribution in [0.3, 0.4) is 0 Å². The molecule has 6 nitrogen and oxygen atoms in total. The molecule has 0 radical (unpaired) electrons. The van der Waals surface area contributed by atoms with E-state index in [9.17, 15) is 14.9 Å². The van der Waals surface area contributed by atoms with Crippen LogP contribution < -0.4 is 0 Å².